The summed E-state index contributed by atoms with van der Waals surface area (Å²) < 4.78 is 15.9. The highest BCUT2D eigenvalue weighted by Crippen LogP contribution is 2.38. The molecule has 2 aliphatic heterocycles. The monoisotopic (exact) mass is 384 g/mol. The quantitative estimate of drug-likeness (QED) is 0.760. The molecule has 0 bridgehead atoms. The number of para-hydroxylation sites is 1. The number of aryl methyl sites for hydroxylation is 1. The minimum atomic E-state index is -0.650. The number of carbonyl (C=O) groups excluding carboxylic acids is 2. The second-order valence-corrected chi connectivity index (χ2v) is 6.50. The van der Waals surface area contributed by atoms with Crippen LogP contribution in [0.5, 0.6) is 5.75 Å². The van der Waals surface area contributed by atoms with Gasteiger partial charge in [-0.2, -0.15) is 4.98 Å². The standard InChI is InChI=1S/C19H20N4O5/c1-3-6-14-20-15(28-22-14)9-23-12-10-27-18(24)16(12)17(21-19(23)25)11-7-4-5-8-13(11)26-2/h4-5,7-8,17H,3,6,9-10H2,1-2H3,(H,21,25)/t17-/m1/s1. The molecule has 0 saturated heterocycles. The van der Waals surface area contributed by atoms with Gasteiger partial charge in [-0.25, -0.2) is 9.59 Å². The molecule has 4 rings (SSSR count). The molecule has 0 fully saturated rings. The lowest BCUT2D eigenvalue weighted by Gasteiger charge is -2.32. The Bertz CT molecular complexity index is 951. The van der Waals surface area contributed by atoms with Crippen molar-refractivity contribution in [2.24, 2.45) is 0 Å². The summed E-state index contributed by atoms with van der Waals surface area (Å²) in [7, 11) is 1.54. The number of cyclic esters (lactones) is 1. The topological polar surface area (TPSA) is 107 Å². The van der Waals surface area contributed by atoms with Gasteiger partial charge in [0, 0.05) is 12.0 Å². The Hall–Kier alpha value is -3.36. The molecular formula is C19H20N4O5. The minimum absolute atomic E-state index is 0.0171. The van der Waals surface area contributed by atoms with Crippen LogP contribution in [0.1, 0.15) is 36.7 Å². The molecule has 0 saturated carbocycles. The van der Waals surface area contributed by atoms with E-state index in [1.807, 2.05) is 25.1 Å². The van der Waals surface area contributed by atoms with E-state index in [9.17, 15) is 9.59 Å². The number of hydrogen-bond acceptors (Lipinski definition) is 7. The van der Waals surface area contributed by atoms with Gasteiger partial charge in [0.15, 0.2) is 5.82 Å². The van der Waals surface area contributed by atoms with E-state index in [0.29, 0.717) is 40.7 Å². The van der Waals surface area contributed by atoms with Crippen LogP contribution in [0.25, 0.3) is 0 Å². The second-order valence-electron chi connectivity index (χ2n) is 6.50. The highest BCUT2D eigenvalue weighted by molar-refractivity contribution is 5.97. The average Bonchev–Trinajstić information content (AvgIpc) is 3.31. The minimum Gasteiger partial charge on any atom is -0.496 e. The van der Waals surface area contributed by atoms with E-state index in [2.05, 4.69) is 15.5 Å². The number of ether oxygens (including phenoxy) is 2. The van der Waals surface area contributed by atoms with Crippen molar-refractivity contribution in [1.29, 1.82) is 0 Å². The lowest BCUT2D eigenvalue weighted by Crippen LogP contribution is -2.47. The van der Waals surface area contributed by atoms with Crippen LogP contribution in [-0.4, -0.2) is 40.8 Å². The number of esters is 1. The zero-order chi connectivity index (χ0) is 19.7. The Morgan fingerprint density at radius 2 is 2.14 bits per heavy atom. The molecule has 2 amide bonds. The molecule has 1 aromatic heterocycles. The fourth-order valence-corrected chi connectivity index (χ4v) is 3.43. The van der Waals surface area contributed by atoms with Gasteiger partial charge in [-0.15, -0.1) is 0 Å². The molecule has 1 N–H and O–H groups in total. The Kier molecular flexibility index (Phi) is 4.72. The molecule has 0 radical (unpaired) electrons. The number of aromatic nitrogens is 2. The van der Waals surface area contributed by atoms with Crippen LogP contribution in [0.4, 0.5) is 4.79 Å². The van der Waals surface area contributed by atoms with Gasteiger partial charge in [0.25, 0.3) is 0 Å². The summed E-state index contributed by atoms with van der Waals surface area (Å²) in [6.45, 7) is 2.10. The molecule has 1 aromatic carbocycles. The van der Waals surface area contributed by atoms with Gasteiger partial charge in [0.2, 0.25) is 5.89 Å². The summed E-state index contributed by atoms with van der Waals surface area (Å²) in [6, 6.07) is 6.22. The van der Waals surface area contributed by atoms with Crippen molar-refractivity contribution in [3.05, 3.63) is 52.8 Å². The third-order valence-corrected chi connectivity index (χ3v) is 4.73. The van der Waals surface area contributed by atoms with E-state index in [1.54, 1.807) is 13.2 Å². The van der Waals surface area contributed by atoms with Gasteiger partial charge in [-0.05, 0) is 12.5 Å². The molecule has 146 valence electrons. The molecule has 0 unspecified atom stereocenters. The van der Waals surface area contributed by atoms with Crippen molar-refractivity contribution in [3.8, 4) is 5.75 Å². The van der Waals surface area contributed by atoms with Crippen molar-refractivity contribution in [3.63, 3.8) is 0 Å². The third-order valence-electron chi connectivity index (χ3n) is 4.73. The lowest BCUT2D eigenvalue weighted by atomic mass is 9.95. The van der Waals surface area contributed by atoms with Crippen LogP contribution in [0.3, 0.4) is 0 Å². The van der Waals surface area contributed by atoms with Crippen LogP contribution in [0.2, 0.25) is 0 Å². The van der Waals surface area contributed by atoms with E-state index in [-0.39, 0.29) is 19.2 Å². The number of nitrogens with zero attached hydrogens (tertiary/aromatic N) is 3. The largest absolute Gasteiger partial charge is 0.496 e. The molecule has 2 aliphatic rings. The predicted octanol–water partition coefficient (Wildman–Crippen LogP) is 2.11. The maximum atomic E-state index is 12.8. The van der Waals surface area contributed by atoms with E-state index in [0.717, 1.165) is 6.42 Å². The maximum absolute atomic E-state index is 12.8. The van der Waals surface area contributed by atoms with E-state index in [1.165, 1.54) is 4.90 Å². The van der Waals surface area contributed by atoms with Crippen LogP contribution in [0, 0.1) is 0 Å². The van der Waals surface area contributed by atoms with Crippen LogP contribution in [-0.2, 0) is 22.5 Å². The van der Waals surface area contributed by atoms with Crippen LogP contribution in [0.15, 0.2) is 40.1 Å². The summed E-state index contributed by atoms with van der Waals surface area (Å²) in [5, 5.41) is 6.78. The van der Waals surface area contributed by atoms with Crippen molar-refractivity contribution in [1.82, 2.24) is 20.4 Å². The first-order valence-corrected chi connectivity index (χ1v) is 9.05. The lowest BCUT2D eigenvalue weighted by molar-refractivity contribution is -0.136. The normalized spacial score (nSPS) is 18.8. The number of hydrogen-bond donors (Lipinski definition) is 1. The number of benzene rings is 1. The Morgan fingerprint density at radius 3 is 2.93 bits per heavy atom. The average molecular weight is 384 g/mol. The SMILES string of the molecule is CCCc1noc(CN2C(=O)N[C@H](c3ccccc3OC)C3=C2COC3=O)n1. The summed E-state index contributed by atoms with van der Waals surface area (Å²) >= 11 is 0. The van der Waals surface area contributed by atoms with Crippen molar-refractivity contribution >= 4 is 12.0 Å². The number of methoxy groups -OCH3 is 1. The molecule has 28 heavy (non-hydrogen) atoms. The smallest absolute Gasteiger partial charge is 0.338 e. The zero-order valence-electron chi connectivity index (χ0n) is 15.6. The fourth-order valence-electron chi connectivity index (χ4n) is 3.43. The van der Waals surface area contributed by atoms with Crippen LogP contribution < -0.4 is 10.1 Å². The van der Waals surface area contributed by atoms with E-state index < -0.39 is 12.0 Å². The molecule has 9 nitrogen and oxygen atoms in total. The van der Waals surface area contributed by atoms with Gasteiger partial charge in [-0.3, -0.25) is 4.90 Å². The van der Waals surface area contributed by atoms with Gasteiger partial charge >= 0.3 is 12.0 Å². The van der Waals surface area contributed by atoms with Crippen molar-refractivity contribution < 1.29 is 23.6 Å². The summed E-state index contributed by atoms with van der Waals surface area (Å²) in [4.78, 5) is 31.0. The van der Waals surface area contributed by atoms with Gasteiger partial charge in [0.1, 0.15) is 18.9 Å². The molecule has 3 heterocycles. The highest BCUT2D eigenvalue weighted by Gasteiger charge is 2.43. The van der Waals surface area contributed by atoms with Crippen molar-refractivity contribution in [2.75, 3.05) is 13.7 Å². The fraction of sp³-hybridized carbons (Fsp3) is 0.368. The zero-order valence-corrected chi connectivity index (χ0v) is 15.6. The summed E-state index contributed by atoms with van der Waals surface area (Å²) in [5.74, 6) is 1.01. The van der Waals surface area contributed by atoms with Crippen molar-refractivity contribution in [2.45, 2.75) is 32.4 Å². The molecular weight excluding hydrogens is 364 g/mol. The van der Waals surface area contributed by atoms with Gasteiger partial charge < -0.3 is 19.3 Å². The number of urea groups is 1. The number of rotatable bonds is 6. The third kappa shape index (κ3) is 3.08. The first kappa shape index (κ1) is 18.0. The number of nitrogens with one attached hydrogen (secondary N) is 1. The molecule has 9 heteroatoms. The summed E-state index contributed by atoms with van der Waals surface area (Å²) in [5.41, 5.74) is 1.57. The Morgan fingerprint density at radius 1 is 1.32 bits per heavy atom. The predicted molar refractivity (Wildman–Crippen MR) is 96.1 cm³/mol. The molecule has 1 atom stereocenters. The van der Waals surface area contributed by atoms with Gasteiger partial charge in [0.05, 0.1) is 24.4 Å². The molecule has 0 spiro atoms. The van der Waals surface area contributed by atoms with Gasteiger partial charge in [-0.1, -0.05) is 30.3 Å². The molecule has 0 aliphatic carbocycles. The Labute approximate surface area is 161 Å². The highest BCUT2D eigenvalue weighted by atomic mass is 16.5. The first-order chi connectivity index (χ1) is 13.6. The second kappa shape index (κ2) is 7.34. The first-order valence-electron chi connectivity index (χ1n) is 9.05. The van der Waals surface area contributed by atoms with E-state index in [4.69, 9.17) is 14.0 Å². The maximum Gasteiger partial charge on any atom is 0.338 e. The number of carbonyl (C=O) groups is 2. The Balaban J connectivity index is 1.69. The molecule has 2 aromatic rings. The summed E-state index contributed by atoms with van der Waals surface area (Å²) in [6.07, 6.45) is 1.59. The van der Waals surface area contributed by atoms with Crippen LogP contribution >= 0.6 is 0 Å². The van der Waals surface area contributed by atoms with E-state index >= 15 is 0 Å². The number of amides is 2.